The van der Waals surface area contributed by atoms with E-state index >= 15 is 0 Å². The molecule has 152 valence electrons. The van der Waals surface area contributed by atoms with Crippen molar-refractivity contribution in [2.24, 2.45) is 0 Å². The fraction of sp³-hybridized carbons (Fsp3) is 0.562. The van der Waals surface area contributed by atoms with Crippen LogP contribution in [0.5, 0.6) is 11.5 Å². The standard InChI is InChI=1S/C16H18F6N2O3/c1-14(2)7-12(13(25)24(14)8-15(17,18)19)23-9-4-10(26-3)6-11(5-9)27-16(20,21)22/h4-6,12,23H,7-8H2,1-3H3/t12-/m0/s1. The second-order valence-corrected chi connectivity index (χ2v) is 6.70. The van der Waals surface area contributed by atoms with Gasteiger partial charge >= 0.3 is 12.5 Å². The van der Waals surface area contributed by atoms with Crippen molar-refractivity contribution in [3.63, 3.8) is 0 Å². The number of halogens is 6. The largest absolute Gasteiger partial charge is 0.573 e. The summed E-state index contributed by atoms with van der Waals surface area (Å²) in [4.78, 5) is 13.1. The molecule has 0 aliphatic carbocycles. The van der Waals surface area contributed by atoms with Crippen LogP contribution in [0.15, 0.2) is 18.2 Å². The molecule has 0 radical (unpaired) electrons. The van der Waals surface area contributed by atoms with Gasteiger partial charge in [-0.05, 0) is 20.3 Å². The van der Waals surface area contributed by atoms with Crippen molar-refractivity contribution in [3.05, 3.63) is 18.2 Å². The predicted molar refractivity (Wildman–Crippen MR) is 83.6 cm³/mol. The van der Waals surface area contributed by atoms with Crippen LogP contribution >= 0.6 is 0 Å². The van der Waals surface area contributed by atoms with E-state index < -0.39 is 42.3 Å². The van der Waals surface area contributed by atoms with E-state index in [-0.39, 0.29) is 17.9 Å². The quantitative estimate of drug-likeness (QED) is 0.761. The van der Waals surface area contributed by atoms with Crippen LogP contribution in [0.25, 0.3) is 0 Å². The van der Waals surface area contributed by atoms with Gasteiger partial charge in [0.1, 0.15) is 24.1 Å². The van der Waals surface area contributed by atoms with E-state index in [1.807, 2.05) is 0 Å². The molecule has 1 atom stereocenters. The van der Waals surface area contributed by atoms with Gasteiger partial charge in [-0.2, -0.15) is 13.2 Å². The first-order valence-corrected chi connectivity index (χ1v) is 7.80. The molecular formula is C16H18F6N2O3. The van der Waals surface area contributed by atoms with Crippen molar-refractivity contribution in [2.75, 3.05) is 19.0 Å². The summed E-state index contributed by atoms with van der Waals surface area (Å²) in [6.45, 7) is 1.57. The number of carbonyl (C=O) groups is 1. The Hall–Kier alpha value is -2.33. The highest BCUT2D eigenvalue weighted by molar-refractivity contribution is 5.88. The Morgan fingerprint density at radius 2 is 1.74 bits per heavy atom. The minimum atomic E-state index is -4.93. The molecule has 1 amide bonds. The predicted octanol–water partition coefficient (Wildman–Crippen LogP) is 3.95. The van der Waals surface area contributed by atoms with Gasteiger partial charge in [0.15, 0.2) is 0 Å². The molecule has 1 N–H and O–H groups in total. The number of likely N-dealkylation sites (tertiary alicyclic amines) is 1. The van der Waals surface area contributed by atoms with Crippen LogP contribution < -0.4 is 14.8 Å². The van der Waals surface area contributed by atoms with E-state index in [9.17, 15) is 31.1 Å². The number of amides is 1. The van der Waals surface area contributed by atoms with Crippen molar-refractivity contribution >= 4 is 11.6 Å². The second kappa shape index (κ2) is 7.01. The average Bonchev–Trinajstić information content (AvgIpc) is 2.67. The van der Waals surface area contributed by atoms with E-state index in [0.717, 1.165) is 12.1 Å². The number of carbonyl (C=O) groups excluding carboxylic acids is 1. The summed E-state index contributed by atoms with van der Waals surface area (Å²) in [6, 6.07) is 2.27. The first-order chi connectivity index (χ1) is 12.2. The maximum absolute atomic E-state index is 12.7. The van der Waals surface area contributed by atoms with E-state index in [1.165, 1.54) is 27.0 Å². The van der Waals surface area contributed by atoms with E-state index in [4.69, 9.17) is 4.74 Å². The number of alkyl halides is 6. The van der Waals surface area contributed by atoms with Crippen molar-refractivity contribution in [3.8, 4) is 11.5 Å². The molecule has 11 heteroatoms. The van der Waals surface area contributed by atoms with Gasteiger partial charge in [-0.25, -0.2) is 0 Å². The molecule has 1 aromatic rings. The molecule has 27 heavy (non-hydrogen) atoms. The minimum Gasteiger partial charge on any atom is -0.497 e. The van der Waals surface area contributed by atoms with Gasteiger partial charge in [-0.3, -0.25) is 4.79 Å². The topological polar surface area (TPSA) is 50.8 Å². The number of methoxy groups -OCH3 is 1. The SMILES string of the molecule is COc1cc(N[C@H]2CC(C)(C)N(CC(F)(F)F)C2=O)cc(OC(F)(F)F)c1. The van der Waals surface area contributed by atoms with Gasteiger partial charge < -0.3 is 19.7 Å². The summed E-state index contributed by atoms with van der Waals surface area (Å²) < 4.78 is 84.2. The number of hydrogen-bond donors (Lipinski definition) is 1. The molecule has 0 spiro atoms. The highest BCUT2D eigenvalue weighted by Gasteiger charge is 2.49. The normalized spacial score (nSPS) is 20.0. The molecule has 1 aliphatic heterocycles. The third-order valence-corrected chi connectivity index (χ3v) is 4.03. The zero-order valence-electron chi connectivity index (χ0n) is 14.7. The summed E-state index contributed by atoms with van der Waals surface area (Å²) in [6.07, 6.45) is -9.46. The highest BCUT2D eigenvalue weighted by Crippen LogP contribution is 2.36. The van der Waals surface area contributed by atoms with Gasteiger partial charge in [0.05, 0.1) is 7.11 Å². The number of nitrogens with zero attached hydrogens (tertiary/aromatic N) is 1. The Morgan fingerprint density at radius 1 is 1.15 bits per heavy atom. The van der Waals surface area contributed by atoms with Crippen LogP contribution in [0.4, 0.5) is 32.0 Å². The van der Waals surface area contributed by atoms with Crippen molar-refractivity contribution in [1.29, 1.82) is 0 Å². The number of benzene rings is 1. The molecule has 1 aromatic carbocycles. The van der Waals surface area contributed by atoms with Crippen molar-refractivity contribution in [2.45, 2.75) is 44.4 Å². The minimum absolute atomic E-state index is 0.0242. The van der Waals surface area contributed by atoms with E-state index in [0.29, 0.717) is 4.90 Å². The maximum Gasteiger partial charge on any atom is 0.573 e. The first kappa shape index (κ1) is 21.0. The van der Waals surface area contributed by atoms with Gasteiger partial charge in [-0.1, -0.05) is 0 Å². The van der Waals surface area contributed by atoms with Crippen LogP contribution in [0.3, 0.4) is 0 Å². The highest BCUT2D eigenvalue weighted by atomic mass is 19.4. The lowest BCUT2D eigenvalue weighted by molar-refractivity contribution is -0.274. The molecule has 2 rings (SSSR count). The van der Waals surface area contributed by atoms with Crippen LogP contribution in [0, 0.1) is 0 Å². The number of hydrogen-bond acceptors (Lipinski definition) is 4. The average molecular weight is 400 g/mol. The molecule has 1 aliphatic rings. The van der Waals surface area contributed by atoms with Crippen LogP contribution in [-0.4, -0.2) is 48.6 Å². The van der Waals surface area contributed by atoms with Gasteiger partial charge in [-0.15, -0.1) is 13.2 Å². The maximum atomic E-state index is 12.7. The number of rotatable bonds is 5. The number of anilines is 1. The Bertz CT molecular complexity index is 702. The smallest absolute Gasteiger partial charge is 0.497 e. The lowest BCUT2D eigenvalue weighted by atomic mass is 10.00. The first-order valence-electron chi connectivity index (χ1n) is 7.80. The third kappa shape index (κ3) is 5.57. The fourth-order valence-electron chi connectivity index (χ4n) is 2.93. The van der Waals surface area contributed by atoms with E-state index in [2.05, 4.69) is 10.1 Å². The molecule has 0 bridgehead atoms. The molecule has 1 heterocycles. The monoisotopic (exact) mass is 400 g/mol. The van der Waals surface area contributed by atoms with Crippen molar-refractivity contribution < 1.29 is 40.6 Å². The lowest BCUT2D eigenvalue weighted by Gasteiger charge is -2.31. The molecule has 0 unspecified atom stereocenters. The zero-order valence-corrected chi connectivity index (χ0v) is 14.7. The molecule has 1 saturated heterocycles. The second-order valence-electron chi connectivity index (χ2n) is 6.70. The van der Waals surface area contributed by atoms with Crippen molar-refractivity contribution in [1.82, 2.24) is 4.90 Å². The summed E-state index contributed by atoms with van der Waals surface area (Å²) in [5, 5.41) is 2.68. The summed E-state index contributed by atoms with van der Waals surface area (Å²) in [5.41, 5.74) is -1.02. The lowest BCUT2D eigenvalue weighted by Crippen LogP contribution is -2.46. The Morgan fingerprint density at radius 3 is 2.26 bits per heavy atom. The Labute approximate surface area is 151 Å². The summed E-state index contributed by atoms with van der Waals surface area (Å²) in [5.74, 6) is -1.35. The van der Waals surface area contributed by atoms with Crippen LogP contribution in [-0.2, 0) is 4.79 Å². The van der Waals surface area contributed by atoms with Crippen LogP contribution in [0.2, 0.25) is 0 Å². The van der Waals surface area contributed by atoms with Gasteiger partial charge in [0.2, 0.25) is 5.91 Å². The molecule has 0 saturated carbocycles. The van der Waals surface area contributed by atoms with Crippen LogP contribution in [0.1, 0.15) is 20.3 Å². The molecule has 0 aromatic heterocycles. The summed E-state index contributed by atoms with van der Waals surface area (Å²) >= 11 is 0. The third-order valence-electron chi connectivity index (χ3n) is 4.03. The van der Waals surface area contributed by atoms with Gasteiger partial charge in [0.25, 0.3) is 0 Å². The molecular weight excluding hydrogens is 382 g/mol. The molecule has 5 nitrogen and oxygen atoms in total. The van der Waals surface area contributed by atoms with E-state index in [1.54, 1.807) is 0 Å². The molecule has 1 fully saturated rings. The van der Waals surface area contributed by atoms with Gasteiger partial charge in [0, 0.05) is 29.4 Å². The fourth-order valence-corrected chi connectivity index (χ4v) is 2.93. The number of nitrogens with one attached hydrogen (secondary N) is 1. The Kier molecular flexibility index (Phi) is 5.44. The Balaban J connectivity index is 2.23. The summed E-state index contributed by atoms with van der Waals surface area (Å²) in [7, 11) is 1.23. The zero-order chi connectivity index (χ0) is 20.6. The number of ether oxygens (including phenoxy) is 2.